The zero-order valence-electron chi connectivity index (χ0n) is 14.4. The van der Waals surface area contributed by atoms with Crippen LogP contribution >= 0.6 is 0 Å². The molecule has 7 nitrogen and oxygen atoms in total. The average Bonchev–Trinajstić information content (AvgIpc) is 3.08. The van der Waals surface area contributed by atoms with E-state index in [0.29, 0.717) is 13.1 Å². The van der Waals surface area contributed by atoms with Crippen molar-refractivity contribution in [2.45, 2.75) is 30.8 Å². The van der Waals surface area contributed by atoms with Gasteiger partial charge in [-0.05, 0) is 38.0 Å². The van der Waals surface area contributed by atoms with E-state index < -0.39 is 33.5 Å². The molecule has 1 saturated heterocycles. The SMILES string of the molecule is C[C@@H](OC(=O)c1cc(S(=O)(=O)N(C)C)ccc1F)C(=O)N1CCCC1. The van der Waals surface area contributed by atoms with Crippen LogP contribution in [0, 0.1) is 5.82 Å². The predicted molar refractivity (Wildman–Crippen MR) is 88.0 cm³/mol. The molecule has 0 saturated carbocycles. The molecule has 1 aliphatic heterocycles. The van der Waals surface area contributed by atoms with Crippen molar-refractivity contribution >= 4 is 21.9 Å². The van der Waals surface area contributed by atoms with E-state index in [1.807, 2.05) is 0 Å². The normalized spacial score (nSPS) is 16.1. The number of ether oxygens (including phenoxy) is 1. The topological polar surface area (TPSA) is 84.0 Å². The van der Waals surface area contributed by atoms with Crippen LogP contribution in [0.25, 0.3) is 0 Å². The first-order valence-electron chi connectivity index (χ1n) is 7.86. The van der Waals surface area contributed by atoms with Crippen molar-refractivity contribution < 1.29 is 27.1 Å². The van der Waals surface area contributed by atoms with Crippen LogP contribution in [0.1, 0.15) is 30.1 Å². The van der Waals surface area contributed by atoms with E-state index >= 15 is 0 Å². The van der Waals surface area contributed by atoms with Gasteiger partial charge in [0.1, 0.15) is 5.82 Å². The van der Waals surface area contributed by atoms with Crippen molar-refractivity contribution in [1.29, 1.82) is 0 Å². The molecule has 2 rings (SSSR count). The van der Waals surface area contributed by atoms with Crippen LogP contribution in [0.15, 0.2) is 23.1 Å². The number of halogens is 1. The Balaban J connectivity index is 2.20. The molecule has 0 N–H and O–H groups in total. The van der Waals surface area contributed by atoms with Crippen LogP contribution in [0.2, 0.25) is 0 Å². The van der Waals surface area contributed by atoms with Crippen LogP contribution < -0.4 is 0 Å². The van der Waals surface area contributed by atoms with Crippen molar-refractivity contribution in [3.05, 3.63) is 29.6 Å². The molecular weight excluding hydrogens is 351 g/mol. The average molecular weight is 372 g/mol. The molecule has 1 atom stereocenters. The summed E-state index contributed by atoms with van der Waals surface area (Å²) >= 11 is 0. The Morgan fingerprint density at radius 3 is 2.40 bits per heavy atom. The molecule has 1 aromatic carbocycles. The lowest BCUT2D eigenvalue weighted by Crippen LogP contribution is -2.38. The highest BCUT2D eigenvalue weighted by atomic mass is 32.2. The highest BCUT2D eigenvalue weighted by Gasteiger charge is 2.28. The Kier molecular flexibility index (Phi) is 5.79. The van der Waals surface area contributed by atoms with Gasteiger partial charge in [-0.2, -0.15) is 0 Å². The molecule has 1 aromatic rings. The Bertz CT molecular complexity index is 773. The lowest BCUT2D eigenvalue weighted by atomic mass is 10.2. The van der Waals surface area contributed by atoms with Gasteiger partial charge in [0.2, 0.25) is 10.0 Å². The molecular formula is C16H21FN2O5S. The maximum atomic E-state index is 14.0. The molecule has 0 aromatic heterocycles. The minimum absolute atomic E-state index is 0.232. The third-order valence-electron chi connectivity index (χ3n) is 3.99. The number of amides is 1. The number of hydrogen-bond acceptors (Lipinski definition) is 5. The van der Waals surface area contributed by atoms with Crippen LogP contribution in [-0.2, 0) is 19.6 Å². The summed E-state index contributed by atoms with van der Waals surface area (Å²) < 4.78 is 44.2. The minimum Gasteiger partial charge on any atom is -0.449 e. The summed E-state index contributed by atoms with van der Waals surface area (Å²) in [4.78, 5) is 25.7. The second-order valence-corrected chi connectivity index (χ2v) is 8.16. The molecule has 0 radical (unpaired) electrons. The van der Waals surface area contributed by atoms with Gasteiger partial charge >= 0.3 is 5.97 Å². The fourth-order valence-corrected chi connectivity index (χ4v) is 3.43. The first kappa shape index (κ1) is 19.3. The fraction of sp³-hybridized carbons (Fsp3) is 0.500. The number of benzene rings is 1. The standard InChI is InChI=1S/C16H21FN2O5S/c1-11(15(20)19-8-4-5-9-19)24-16(21)13-10-12(6-7-14(13)17)25(22,23)18(2)3/h6-7,10-11H,4-5,8-9H2,1-3H3/t11-/m1/s1. The van der Waals surface area contributed by atoms with Crippen molar-refractivity contribution in [3.8, 4) is 0 Å². The highest BCUT2D eigenvalue weighted by Crippen LogP contribution is 2.19. The van der Waals surface area contributed by atoms with Gasteiger partial charge in [0, 0.05) is 27.2 Å². The molecule has 0 bridgehead atoms. The summed E-state index contributed by atoms with van der Waals surface area (Å²) in [6.45, 7) is 2.62. The fourth-order valence-electron chi connectivity index (χ4n) is 2.50. The van der Waals surface area contributed by atoms with Crippen LogP contribution in [-0.4, -0.2) is 62.8 Å². The van der Waals surface area contributed by atoms with Gasteiger partial charge in [0.15, 0.2) is 6.10 Å². The quantitative estimate of drug-likeness (QED) is 0.726. The molecule has 1 aliphatic rings. The monoisotopic (exact) mass is 372 g/mol. The zero-order valence-corrected chi connectivity index (χ0v) is 15.2. The molecule has 1 amide bonds. The lowest BCUT2D eigenvalue weighted by Gasteiger charge is -2.20. The van der Waals surface area contributed by atoms with E-state index in [0.717, 1.165) is 35.3 Å². The van der Waals surface area contributed by atoms with Crippen LogP contribution in [0.5, 0.6) is 0 Å². The Morgan fingerprint density at radius 1 is 1.24 bits per heavy atom. The second kappa shape index (κ2) is 7.49. The third-order valence-corrected chi connectivity index (χ3v) is 5.80. The number of sulfonamides is 1. The van der Waals surface area contributed by atoms with E-state index in [9.17, 15) is 22.4 Å². The summed E-state index contributed by atoms with van der Waals surface area (Å²) in [5.41, 5.74) is -0.524. The minimum atomic E-state index is -3.82. The summed E-state index contributed by atoms with van der Waals surface area (Å²) in [6.07, 6.45) is 0.718. The molecule has 0 unspecified atom stereocenters. The summed E-state index contributed by atoms with van der Waals surface area (Å²) in [7, 11) is -1.17. The van der Waals surface area contributed by atoms with E-state index in [4.69, 9.17) is 4.74 Å². The number of esters is 1. The molecule has 1 heterocycles. The van der Waals surface area contributed by atoms with E-state index in [1.165, 1.54) is 21.0 Å². The summed E-state index contributed by atoms with van der Waals surface area (Å²) in [6, 6.07) is 2.88. The highest BCUT2D eigenvalue weighted by molar-refractivity contribution is 7.89. The van der Waals surface area contributed by atoms with Crippen molar-refractivity contribution in [2.75, 3.05) is 27.2 Å². The first-order chi connectivity index (χ1) is 11.6. The largest absolute Gasteiger partial charge is 0.449 e. The van der Waals surface area contributed by atoms with Gasteiger partial charge in [0.05, 0.1) is 10.5 Å². The predicted octanol–water partition coefficient (Wildman–Crippen LogP) is 1.24. The van der Waals surface area contributed by atoms with Crippen LogP contribution in [0.4, 0.5) is 4.39 Å². The Labute approximate surface area is 146 Å². The second-order valence-electron chi connectivity index (χ2n) is 6.01. The Hall–Kier alpha value is -2.00. The molecule has 0 aliphatic carbocycles. The third kappa shape index (κ3) is 4.16. The van der Waals surface area contributed by atoms with Gasteiger partial charge in [-0.15, -0.1) is 0 Å². The van der Waals surface area contributed by atoms with Gasteiger partial charge in [-0.3, -0.25) is 4.79 Å². The lowest BCUT2D eigenvalue weighted by molar-refractivity contribution is -0.138. The number of nitrogens with zero attached hydrogens (tertiary/aromatic N) is 2. The smallest absolute Gasteiger partial charge is 0.341 e. The van der Waals surface area contributed by atoms with Crippen molar-refractivity contribution in [1.82, 2.24) is 9.21 Å². The van der Waals surface area contributed by atoms with Crippen molar-refractivity contribution in [2.24, 2.45) is 0 Å². The number of rotatable bonds is 5. The van der Waals surface area contributed by atoms with Crippen LogP contribution in [0.3, 0.4) is 0 Å². The molecule has 0 spiro atoms. The molecule has 1 fully saturated rings. The number of hydrogen-bond donors (Lipinski definition) is 0. The van der Waals surface area contributed by atoms with Gasteiger partial charge in [-0.1, -0.05) is 0 Å². The zero-order chi connectivity index (χ0) is 18.8. The number of likely N-dealkylation sites (tertiary alicyclic amines) is 1. The van der Waals surface area contributed by atoms with Crippen molar-refractivity contribution in [3.63, 3.8) is 0 Å². The van der Waals surface area contributed by atoms with Gasteiger partial charge < -0.3 is 9.64 Å². The molecule has 138 valence electrons. The molecule has 9 heteroatoms. The van der Waals surface area contributed by atoms with E-state index in [2.05, 4.69) is 0 Å². The summed E-state index contributed by atoms with van der Waals surface area (Å²) in [5, 5.41) is 0. The Morgan fingerprint density at radius 2 is 1.84 bits per heavy atom. The maximum Gasteiger partial charge on any atom is 0.341 e. The van der Waals surface area contributed by atoms with E-state index in [-0.39, 0.29) is 10.8 Å². The molecule has 25 heavy (non-hydrogen) atoms. The summed E-state index contributed by atoms with van der Waals surface area (Å²) in [5.74, 6) is -2.33. The maximum absolute atomic E-state index is 14.0. The number of carbonyl (C=O) groups is 2. The van der Waals surface area contributed by atoms with Gasteiger partial charge in [-0.25, -0.2) is 21.9 Å². The van der Waals surface area contributed by atoms with E-state index in [1.54, 1.807) is 4.90 Å². The first-order valence-corrected chi connectivity index (χ1v) is 9.30. The number of carbonyl (C=O) groups excluding carboxylic acids is 2. The van der Waals surface area contributed by atoms with Gasteiger partial charge in [0.25, 0.3) is 5.91 Å².